The fourth-order valence-corrected chi connectivity index (χ4v) is 2.38. The molecule has 2 N–H and O–H groups in total. The van der Waals surface area contributed by atoms with Crippen LogP contribution < -0.4 is 10.1 Å². The summed E-state index contributed by atoms with van der Waals surface area (Å²) in [5.74, 6) is -1.03. The van der Waals surface area contributed by atoms with Crippen molar-refractivity contribution in [1.82, 2.24) is 0 Å². The maximum Gasteiger partial charge on any atom is 0.337 e. The van der Waals surface area contributed by atoms with Crippen LogP contribution in [0.1, 0.15) is 27.6 Å². The van der Waals surface area contributed by atoms with Crippen molar-refractivity contribution in [2.45, 2.75) is 6.92 Å². The molecule has 120 valence electrons. The zero-order chi connectivity index (χ0) is 17.0. The molecule has 2 aromatic carbocycles. The number of hydrogen-bond donors (Lipinski definition) is 2. The van der Waals surface area contributed by atoms with Crippen molar-refractivity contribution in [3.63, 3.8) is 0 Å². The quantitative estimate of drug-likeness (QED) is 0.837. The Hall–Kier alpha value is -2.24. The van der Waals surface area contributed by atoms with E-state index in [4.69, 9.17) is 33.0 Å². The van der Waals surface area contributed by atoms with Crippen molar-refractivity contribution in [3.05, 3.63) is 57.6 Å². The van der Waals surface area contributed by atoms with Crippen molar-refractivity contribution in [1.29, 1.82) is 0 Å². The summed E-state index contributed by atoms with van der Waals surface area (Å²) in [5, 5.41) is 11.9. The van der Waals surface area contributed by atoms with E-state index in [0.29, 0.717) is 28.6 Å². The summed E-state index contributed by atoms with van der Waals surface area (Å²) in [7, 11) is 0. The molecule has 5 nitrogen and oxygen atoms in total. The molecule has 0 saturated heterocycles. The van der Waals surface area contributed by atoms with Gasteiger partial charge in [-0.05, 0) is 43.3 Å². The van der Waals surface area contributed by atoms with E-state index in [2.05, 4.69) is 5.32 Å². The number of carboxylic acids is 1. The smallest absolute Gasteiger partial charge is 0.337 e. The van der Waals surface area contributed by atoms with Crippen LogP contribution in [0.5, 0.6) is 5.75 Å². The third-order valence-electron chi connectivity index (χ3n) is 2.95. The number of nitrogens with one attached hydrogen (secondary N) is 1. The summed E-state index contributed by atoms with van der Waals surface area (Å²) >= 11 is 11.9. The molecule has 0 fully saturated rings. The fourth-order valence-electron chi connectivity index (χ4n) is 1.88. The number of amides is 1. The molecule has 0 bridgehead atoms. The van der Waals surface area contributed by atoms with Crippen LogP contribution in [0.4, 0.5) is 5.69 Å². The standard InChI is InChI=1S/C16H13Cl2NO4/c1-2-23-14-6-3-9(7-13(14)18)15(20)19-10-4-5-11(16(21)22)12(17)8-10/h3-8H,2H2,1H3,(H,19,20)(H,21,22). The van der Waals surface area contributed by atoms with E-state index in [1.165, 1.54) is 24.3 Å². The molecule has 1 amide bonds. The lowest BCUT2D eigenvalue weighted by atomic mass is 10.1. The van der Waals surface area contributed by atoms with E-state index in [1.54, 1.807) is 12.1 Å². The van der Waals surface area contributed by atoms with Crippen LogP contribution in [-0.4, -0.2) is 23.6 Å². The SMILES string of the molecule is CCOc1ccc(C(=O)Nc2ccc(C(=O)O)c(Cl)c2)cc1Cl. The molecule has 2 rings (SSSR count). The molecule has 0 atom stereocenters. The molecule has 0 heterocycles. The number of carbonyl (C=O) groups excluding carboxylic acids is 1. The van der Waals surface area contributed by atoms with E-state index in [9.17, 15) is 9.59 Å². The Bertz CT molecular complexity index is 762. The van der Waals surface area contributed by atoms with Gasteiger partial charge in [-0.15, -0.1) is 0 Å². The van der Waals surface area contributed by atoms with E-state index >= 15 is 0 Å². The molecule has 0 aliphatic carbocycles. The van der Waals surface area contributed by atoms with Crippen LogP contribution >= 0.6 is 23.2 Å². The van der Waals surface area contributed by atoms with Gasteiger partial charge in [0.1, 0.15) is 5.75 Å². The lowest BCUT2D eigenvalue weighted by Crippen LogP contribution is -2.12. The van der Waals surface area contributed by atoms with Gasteiger partial charge in [0, 0.05) is 11.3 Å². The van der Waals surface area contributed by atoms with Gasteiger partial charge in [0.2, 0.25) is 0 Å². The summed E-state index contributed by atoms with van der Waals surface area (Å²) in [4.78, 5) is 23.1. The van der Waals surface area contributed by atoms with Crippen LogP contribution in [0.25, 0.3) is 0 Å². The zero-order valence-electron chi connectivity index (χ0n) is 12.1. The summed E-state index contributed by atoms with van der Waals surface area (Å²) in [5.41, 5.74) is 0.695. The van der Waals surface area contributed by atoms with Gasteiger partial charge >= 0.3 is 5.97 Å². The van der Waals surface area contributed by atoms with Crippen LogP contribution in [0.15, 0.2) is 36.4 Å². The minimum absolute atomic E-state index is 0.0335. The second-order valence-corrected chi connectivity index (χ2v) is 5.35. The first-order chi connectivity index (χ1) is 10.9. The Morgan fingerprint density at radius 1 is 1.13 bits per heavy atom. The molecule has 0 aliphatic heterocycles. The van der Waals surface area contributed by atoms with Gasteiger partial charge in [-0.2, -0.15) is 0 Å². The highest BCUT2D eigenvalue weighted by Gasteiger charge is 2.12. The van der Waals surface area contributed by atoms with Crippen molar-refractivity contribution in [3.8, 4) is 5.75 Å². The Kier molecular flexibility index (Phi) is 5.47. The first-order valence-electron chi connectivity index (χ1n) is 6.69. The van der Waals surface area contributed by atoms with Gasteiger partial charge in [-0.3, -0.25) is 4.79 Å². The Morgan fingerprint density at radius 3 is 2.43 bits per heavy atom. The maximum absolute atomic E-state index is 12.2. The van der Waals surface area contributed by atoms with Crippen LogP contribution in [0.2, 0.25) is 10.0 Å². The minimum Gasteiger partial charge on any atom is -0.492 e. The monoisotopic (exact) mass is 353 g/mol. The average molecular weight is 354 g/mol. The first-order valence-corrected chi connectivity index (χ1v) is 7.44. The van der Waals surface area contributed by atoms with Crippen molar-refractivity contribution < 1.29 is 19.4 Å². The van der Waals surface area contributed by atoms with Gasteiger partial charge in [0.15, 0.2) is 0 Å². The summed E-state index contributed by atoms with van der Waals surface area (Å²) in [6, 6.07) is 8.85. The number of ether oxygens (including phenoxy) is 1. The highest BCUT2D eigenvalue weighted by atomic mass is 35.5. The van der Waals surface area contributed by atoms with E-state index in [0.717, 1.165) is 0 Å². The maximum atomic E-state index is 12.2. The molecular formula is C16H13Cl2NO4. The van der Waals surface area contributed by atoms with E-state index in [1.807, 2.05) is 6.92 Å². The number of rotatable bonds is 5. The molecule has 0 spiro atoms. The second-order valence-electron chi connectivity index (χ2n) is 4.53. The predicted molar refractivity (Wildman–Crippen MR) is 89.0 cm³/mol. The van der Waals surface area contributed by atoms with Gasteiger partial charge in [0.25, 0.3) is 5.91 Å². The zero-order valence-corrected chi connectivity index (χ0v) is 13.6. The number of benzene rings is 2. The molecule has 23 heavy (non-hydrogen) atoms. The van der Waals surface area contributed by atoms with Crippen LogP contribution in [0.3, 0.4) is 0 Å². The molecule has 0 aromatic heterocycles. The van der Waals surface area contributed by atoms with Crippen molar-refractivity contribution in [2.75, 3.05) is 11.9 Å². The summed E-state index contributed by atoms with van der Waals surface area (Å²) in [6.07, 6.45) is 0. The molecule has 0 aliphatic rings. The minimum atomic E-state index is -1.13. The number of halogens is 2. The molecular weight excluding hydrogens is 341 g/mol. The van der Waals surface area contributed by atoms with Crippen LogP contribution in [0, 0.1) is 0 Å². The van der Waals surface area contributed by atoms with E-state index in [-0.39, 0.29) is 10.6 Å². The highest BCUT2D eigenvalue weighted by molar-refractivity contribution is 6.34. The molecule has 0 unspecified atom stereocenters. The molecule has 7 heteroatoms. The highest BCUT2D eigenvalue weighted by Crippen LogP contribution is 2.26. The van der Waals surface area contributed by atoms with Crippen molar-refractivity contribution >= 4 is 40.8 Å². The van der Waals surface area contributed by atoms with Crippen LogP contribution in [-0.2, 0) is 0 Å². The van der Waals surface area contributed by atoms with E-state index < -0.39 is 11.9 Å². The predicted octanol–water partition coefficient (Wildman–Crippen LogP) is 4.34. The molecule has 2 aromatic rings. The third kappa shape index (κ3) is 4.15. The topological polar surface area (TPSA) is 75.6 Å². The number of aromatic carboxylic acids is 1. The molecule has 0 saturated carbocycles. The van der Waals surface area contributed by atoms with Gasteiger partial charge in [0.05, 0.1) is 22.2 Å². The number of carboxylic acid groups (broad SMARTS) is 1. The first kappa shape index (κ1) is 17.1. The Labute approximate surface area is 142 Å². The van der Waals surface area contributed by atoms with Crippen molar-refractivity contribution in [2.24, 2.45) is 0 Å². The number of carbonyl (C=O) groups is 2. The van der Waals surface area contributed by atoms with Gasteiger partial charge in [-0.1, -0.05) is 23.2 Å². The lowest BCUT2D eigenvalue weighted by Gasteiger charge is -2.09. The fraction of sp³-hybridized carbons (Fsp3) is 0.125. The Balaban J connectivity index is 2.17. The number of anilines is 1. The molecule has 0 radical (unpaired) electrons. The third-order valence-corrected chi connectivity index (χ3v) is 3.56. The average Bonchev–Trinajstić information content (AvgIpc) is 2.49. The van der Waals surface area contributed by atoms with Gasteiger partial charge < -0.3 is 15.2 Å². The van der Waals surface area contributed by atoms with Gasteiger partial charge in [-0.25, -0.2) is 4.79 Å². The summed E-state index contributed by atoms with van der Waals surface area (Å²) < 4.78 is 5.30. The lowest BCUT2D eigenvalue weighted by molar-refractivity contribution is 0.0697. The number of hydrogen-bond acceptors (Lipinski definition) is 3. The largest absolute Gasteiger partial charge is 0.492 e. The normalized spacial score (nSPS) is 10.2. The second kappa shape index (κ2) is 7.35. The summed E-state index contributed by atoms with van der Waals surface area (Å²) in [6.45, 7) is 2.31. The Morgan fingerprint density at radius 2 is 1.87 bits per heavy atom.